The summed E-state index contributed by atoms with van der Waals surface area (Å²) in [5, 5.41) is 12.6. The van der Waals surface area contributed by atoms with E-state index in [9.17, 15) is 14.7 Å². The molecule has 132 valence electrons. The molecule has 1 rings (SSSR count). The fourth-order valence-corrected chi connectivity index (χ4v) is 1.83. The minimum absolute atomic E-state index is 0.136. The largest absolute Gasteiger partial charge is 0.464 e. The van der Waals surface area contributed by atoms with E-state index in [4.69, 9.17) is 9.47 Å². The lowest BCUT2D eigenvalue weighted by Crippen LogP contribution is -2.47. The van der Waals surface area contributed by atoms with Crippen LogP contribution in [0.5, 0.6) is 0 Å². The third kappa shape index (κ3) is 7.28. The summed E-state index contributed by atoms with van der Waals surface area (Å²) in [4.78, 5) is 23.7. The van der Waals surface area contributed by atoms with Gasteiger partial charge in [-0.3, -0.25) is 0 Å². The maximum absolute atomic E-state index is 11.9. The second kappa shape index (κ2) is 9.08. The highest BCUT2D eigenvalue weighted by Gasteiger charge is 2.28. The molecule has 6 nitrogen and oxygen atoms in total. The predicted molar refractivity (Wildman–Crippen MR) is 91.3 cm³/mol. The van der Waals surface area contributed by atoms with E-state index in [-0.39, 0.29) is 6.61 Å². The first kappa shape index (κ1) is 19.7. The molecule has 0 bridgehead atoms. The normalized spacial score (nSPS) is 14.0. The quantitative estimate of drug-likeness (QED) is 0.780. The van der Waals surface area contributed by atoms with Gasteiger partial charge in [-0.05, 0) is 33.3 Å². The number of aliphatic hydroxyl groups is 1. The fraction of sp³-hybridized carbons (Fsp3) is 0.444. The predicted octanol–water partition coefficient (Wildman–Crippen LogP) is 2.52. The van der Waals surface area contributed by atoms with Crippen LogP contribution in [0.1, 0.15) is 33.3 Å². The number of amides is 1. The summed E-state index contributed by atoms with van der Waals surface area (Å²) in [6.45, 7) is 6.95. The summed E-state index contributed by atoms with van der Waals surface area (Å²) in [5.41, 5.74) is 0.177. The molecule has 0 spiro atoms. The number of nitrogens with one attached hydrogen (secondary N) is 1. The van der Waals surface area contributed by atoms with Crippen LogP contribution in [-0.4, -0.2) is 41.5 Å². The Morgan fingerprint density at radius 2 is 1.88 bits per heavy atom. The van der Waals surface area contributed by atoms with Crippen molar-refractivity contribution in [3.8, 4) is 0 Å². The number of carbonyl (C=O) groups excluding carboxylic acids is 2. The Labute approximate surface area is 142 Å². The molecule has 0 aromatic heterocycles. The average Bonchev–Trinajstić information content (AvgIpc) is 2.50. The monoisotopic (exact) mass is 335 g/mol. The van der Waals surface area contributed by atoms with E-state index in [1.165, 1.54) is 6.08 Å². The highest BCUT2D eigenvalue weighted by molar-refractivity contribution is 5.78. The van der Waals surface area contributed by atoms with Gasteiger partial charge in [0, 0.05) is 0 Å². The highest BCUT2D eigenvalue weighted by Crippen LogP contribution is 2.09. The topological polar surface area (TPSA) is 84.9 Å². The number of rotatable bonds is 6. The molecular formula is C18H25NO5. The van der Waals surface area contributed by atoms with Crippen LogP contribution in [0, 0.1) is 0 Å². The number of ether oxygens (including phenoxy) is 2. The second-order valence-corrected chi connectivity index (χ2v) is 6.14. The Bertz CT molecular complexity index is 563. The van der Waals surface area contributed by atoms with Gasteiger partial charge < -0.3 is 19.9 Å². The van der Waals surface area contributed by atoms with E-state index >= 15 is 0 Å². The van der Waals surface area contributed by atoms with E-state index < -0.39 is 29.8 Å². The molecule has 0 aliphatic heterocycles. The lowest BCUT2D eigenvalue weighted by molar-refractivity contribution is -0.153. The van der Waals surface area contributed by atoms with Crippen LogP contribution in [0.3, 0.4) is 0 Å². The van der Waals surface area contributed by atoms with Crippen molar-refractivity contribution in [1.29, 1.82) is 0 Å². The van der Waals surface area contributed by atoms with E-state index in [1.54, 1.807) is 33.8 Å². The maximum atomic E-state index is 11.9. The van der Waals surface area contributed by atoms with E-state index in [0.717, 1.165) is 5.56 Å². The fourth-order valence-electron chi connectivity index (χ4n) is 1.83. The molecule has 6 heteroatoms. The van der Waals surface area contributed by atoms with Crippen molar-refractivity contribution in [2.24, 2.45) is 0 Å². The Hall–Kier alpha value is -2.34. The van der Waals surface area contributed by atoms with Crippen molar-refractivity contribution in [2.75, 3.05) is 6.61 Å². The van der Waals surface area contributed by atoms with Gasteiger partial charge in [0.15, 0.2) is 6.10 Å². The van der Waals surface area contributed by atoms with Gasteiger partial charge in [0.25, 0.3) is 0 Å². The Kier molecular flexibility index (Phi) is 7.45. The summed E-state index contributed by atoms with van der Waals surface area (Å²) in [6.07, 6.45) is 0.969. The van der Waals surface area contributed by atoms with Gasteiger partial charge in [0.1, 0.15) is 5.60 Å². The van der Waals surface area contributed by atoms with Crippen LogP contribution in [0.15, 0.2) is 36.4 Å². The number of benzene rings is 1. The van der Waals surface area contributed by atoms with Crippen molar-refractivity contribution in [2.45, 2.75) is 45.4 Å². The smallest absolute Gasteiger partial charge is 0.408 e. The first-order valence-corrected chi connectivity index (χ1v) is 7.80. The van der Waals surface area contributed by atoms with E-state index in [0.29, 0.717) is 0 Å². The Morgan fingerprint density at radius 1 is 1.25 bits per heavy atom. The van der Waals surface area contributed by atoms with Gasteiger partial charge in [0.2, 0.25) is 0 Å². The van der Waals surface area contributed by atoms with Crippen molar-refractivity contribution in [3.05, 3.63) is 42.0 Å². The van der Waals surface area contributed by atoms with Crippen LogP contribution in [-0.2, 0) is 14.3 Å². The van der Waals surface area contributed by atoms with Gasteiger partial charge in [-0.25, -0.2) is 9.59 Å². The van der Waals surface area contributed by atoms with Crippen LogP contribution >= 0.6 is 0 Å². The zero-order valence-corrected chi connectivity index (χ0v) is 14.5. The molecule has 0 saturated carbocycles. The number of carbonyl (C=O) groups is 2. The molecule has 0 saturated heterocycles. The number of aliphatic hydroxyl groups excluding tert-OH is 1. The molecular weight excluding hydrogens is 310 g/mol. The minimum Gasteiger partial charge on any atom is -0.464 e. The van der Waals surface area contributed by atoms with Crippen LogP contribution in [0.2, 0.25) is 0 Å². The minimum atomic E-state index is -1.53. The van der Waals surface area contributed by atoms with Crippen LogP contribution in [0.25, 0.3) is 6.08 Å². The molecule has 0 aliphatic carbocycles. The molecule has 0 radical (unpaired) electrons. The van der Waals surface area contributed by atoms with Gasteiger partial charge >= 0.3 is 12.1 Å². The summed E-state index contributed by atoms with van der Waals surface area (Å²) in [6, 6.07) is 8.34. The molecule has 0 aliphatic rings. The van der Waals surface area contributed by atoms with E-state index in [1.807, 2.05) is 30.3 Å². The molecule has 1 aromatic rings. The molecule has 2 atom stereocenters. The van der Waals surface area contributed by atoms with E-state index in [2.05, 4.69) is 5.32 Å². The highest BCUT2D eigenvalue weighted by atomic mass is 16.6. The first-order chi connectivity index (χ1) is 11.2. The summed E-state index contributed by atoms with van der Waals surface area (Å²) < 4.78 is 9.97. The SMILES string of the molecule is CCOC(=O)[C@H](O)[C@@H](/C=C/c1ccccc1)NC(=O)OC(C)(C)C. The summed E-state index contributed by atoms with van der Waals surface area (Å²) in [7, 11) is 0. The second-order valence-electron chi connectivity index (χ2n) is 6.14. The number of esters is 1. The molecule has 0 unspecified atom stereocenters. The number of hydrogen-bond acceptors (Lipinski definition) is 5. The Balaban J connectivity index is 2.88. The maximum Gasteiger partial charge on any atom is 0.408 e. The lowest BCUT2D eigenvalue weighted by atomic mass is 10.1. The zero-order chi connectivity index (χ0) is 18.2. The average molecular weight is 335 g/mol. The van der Waals surface area contributed by atoms with Crippen molar-refractivity contribution < 1.29 is 24.2 Å². The van der Waals surface area contributed by atoms with Gasteiger partial charge in [-0.1, -0.05) is 42.5 Å². The standard InChI is InChI=1S/C18H25NO5/c1-5-23-16(21)15(20)14(19-17(22)24-18(2,3)4)12-11-13-9-7-6-8-10-13/h6-12,14-15,20H,5H2,1-4H3,(H,19,22)/b12-11+/t14-,15-/m1/s1. The third-order valence-corrected chi connectivity index (χ3v) is 2.85. The zero-order valence-electron chi connectivity index (χ0n) is 14.5. The number of hydrogen-bond donors (Lipinski definition) is 2. The molecule has 2 N–H and O–H groups in total. The lowest BCUT2D eigenvalue weighted by Gasteiger charge is -2.24. The summed E-state index contributed by atoms with van der Waals surface area (Å²) >= 11 is 0. The van der Waals surface area contributed by atoms with Crippen molar-refractivity contribution in [1.82, 2.24) is 5.32 Å². The third-order valence-electron chi connectivity index (χ3n) is 2.85. The Morgan fingerprint density at radius 3 is 2.42 bits per heavy atom. The van der Waals surface area contributed by atoms with Gasteiger partial charge in [-0.15, -0.1) is 0 Å². The summed E-state index contributed by atoms with van der Waals surface area (Å²) in [5.74, 6) is -0.809. The van der Waals surface area contributed by atoms with Gasteiger partial charge in [-0.2, -0.15) is 0 Å². The van der Waals surface area contributed by atoms with Crippen LogP contribution < -0.4 is 5.32 Å². The molecule has 0 heterocycles. The molecule has 1 aromatic carbocycles. The molecule has 1 amide bonds. The van der Waals surface area contributed by atoms with Gasteiger partial charge in [0.05, 0.1) is 12.6 Å². The number of alkyl carbamates (subject to hydrolysis) is 1. The van der Waals surface area contributed by atoms with Crippen LogP contribution in [0.4, 0.5) is 4.79 Å². The molecule has 24 heavy (non-hydrogen) atoms. The van der Waals surface area contributed by atoms with Crippen molar-refractivity contribution in [3.63, 3.8) is 0 Å². The molecule has 0 fully saturated rings. The van der Waals surface area contributed by atoms with Crippen molar-refractivity contribution >= 4 is 18.1 Å². The first-order valence-electron chi connectivity index (χ1n) is 7.80.